The number of carbonyl (C=O) groups is 4. The van der Waals surface area contributed by atoms with Crippen LogP contribution in [0, 0.1) is 17.6 Å². The van der Waals surface area contributed by atoms with Gasteiger partial charge in [-0.1, -0.05) is 24.3 Å². The van der Waals surface area contributed by atoms with Crippen molar-refractivity contribution in [2.75, 3.05) is 25.0 Å². The summed E-state index contributed by atoms with van der Waals surface area (Å²) in [4.78, 5) is 57.4. The molecule has 3 fully saturated rings. The molecule has 6 rings (SSSR count). The molecule has 0 radical (unpaired) electrons. The van der Waals surface area contributed by atoms with Gasteiger partial charge in [0.25, 0.3) is 5.91 Å². The molecular weight excluding hydrogens is 625 g/mol. The Morgan fingerprint density at radius 3 is 2.62 bits per heavy atom. The van der Waals surface area contributed by atoms with E-state index in [9.17, 15) is 28.0 Å². The smallest absolute Gasteiger partial charge is 0.270 e. The summed E-state index contributed by atoms with van der Waals surface area (Å²) in [7, 11) is 0. The molecule has 3 heterocycles. The second-order valence-corrected chi connectivity index (χ2v) is 12.6. The molecule has 2 saturated heterocycles. The molecule has 13 heteroatoms. The van der Waals surface area contributed by atoms with E-state index >= 15 is 4.39 Å². The van der Waals surface area contributed by atoms with Gasteiger partial charge in [0, 0.05) is 17.4 Å². The molecule has 0 spiro atoms. The maximum absolute atomic E-state index is 16.1. The van der Waals surface area contributed by atoms with Gasteiger partial charge >= 0.3 is 0 Å². The van der Waals surface area contributed by atoms with E-state index in [4.69, 9.17) is 0 Å². The Kier molecular flexibility index (Phi) is 9.76. The number of pyridine rings is 1. The van der Waals surface area contributed by atoms with Crippen LogP contribution in [0.15, 0.2) is 48.5 Å². The SMILES string of the molecule is C[C@H](NC(=O)C1C[C@@H](F)CN1C(=O)CNC(=O)c1ccc2cc(F)ccc2n1)c1c(/C=C/C2CC2)ccc(NC(=O)C2CCCN2)c1F. The van der Waals surface area contributed by atoms with Gasteiger partial charge in [0.05, 0.1) is 36.4 Å². The Balaban J connectivity index is 1.13. The zero-order valence-corrected chi connectivity index (χ0v) is 26.4. The Bertz CT molecular complexity index is 1770. The molecule has 2 unspecified atom stereocenters. The van der Waals surface area contributed by atoms with Crippen molar-refractivity contribution in [1.29, 1.82) is 0 Å². The molecule has 2 aliphatic heterocycles. The van der Waals surface area contributed by atoms with Crippen molar-refractivity contribution in [2.24, 2.45) is 5.92 Å². The third kappa shape index (κ3) is 7.51. The molecular formula is C35H37F3N6O4. The van der Waals surface area contributed by atoms with Crippen LogP contribution in [0.5, 0.6) is 0 Å². The van der Waals surface area contributed by atoms with Gasteiger partial charge in [-0.3, -0.25) is 19.2 Å². The minimum absolute atomic E-state index is 0.00121. The van der Waals surface area contributed by atoms with Crippen LogP contribution in [0.1, 0.15) is 66.7 Å². The molecule has 3 aliphatic rings. The van der Waals surface area contributed by atoms with Crippen molar-refractivity contribution in [2.45, 2.75) is 63.3 Å². The Morgan fingerprint density at radius 2 is 1.88 bits per heavy atom. The van der Waals surface area contributed by atoms with E-state index in [1.54, 1.807) is 19.1 Å². The van der Waals surface area contributed by atoms with E-state index in [0.29, 0.717) is 35.3 Å². The number of nitrogens with one attached hydrogen (secondary N) is 4. The molecule has 3 aromatic rings. The highest BCUT2D eigenvalue weighted by atomic mass is 19.1. The fraction of sp³-hybridized carbons (Fsp3) is 0.400. The van der Waals surface area contributed by atoms with Crippen LogP contribution in [0.3, 0.4) is 0 Å². The summed E-state index contributed by atoms with van der Waals surface area (Å²) < 4.78 is 44.2. The lowest BCUT2D eigenvalue weighted by molar-refractivity contribution is -0.138. The Morgan fingerprint density at radius 1 is 1.06 bits per heavy atom. The van der Waals surface area contributed by atoms with Gasteiger partial charge in [-0.15, -0.1) is 0 Å². The number of hydrogen-bond donors (Lipinski definition) is 4. The lowest BCUT2D eigenvalue weighted by atomic mass is 9.98. The maximum Gasteiger partial charge on any atom is 0.270 e. The summed E-state index contributed by atoms with van der Waals surface area (Å²) in [5, 5.41) is 11.5. The number of fused-ring (bicyclic) bond motifs is 1. The maximum atomic E-state index is 16.1. The van der Waals surface area contributed by atoms with E-state index < -0.39 is 60.2 Å². The number of aromatic nitrogens is 1. The number of allylic oxidation sites excluding steroid dienone is 1. The summed E-state index contributed by atoms with van der Waals surface area (Å²) >= 11 is 0. The summed E-state index contributed by atoms with van der Waals surface area (Å²) in [6.07, 6.45) is 5.62. The molecule has 4 amide bonds. The number of anilines is 1. The topological polar surface area (TPSA) is 133 Å². The number of hydrogen-bond acceptors (Lipinski definition) is 6. The van der Waals surface area contributed by atoms with Gasteiger partial charge in [-0.05, 0) is 81.0 Å². The monoisotopic (exact) mass is 662 g/mol. The largest absolute Gasteiger partial charge is 0.348 e. The number of likely N-dealkylation sites (tertiary alicyclic amines) is 1. The van der Waals surface area contributed by atoms with E-state index in [1.165, 1.54) is 36.4 Å². The van der Waals surface area contributed by atoms with Crippen molar-refractivity contribution in [1.82, 2.24) is 25.8 Å². The van der Waals surface area contributed by atoms with Crippen molar-refractivity contribution in [3.63, 3.8) is 0 Å². The number of nitrogens with zero attached hydrogens (tertiary/aromatic N) is 2. The third-order valence-electron chi connectivity index (χ3n) is 8.97. The van der Waals surface area contributed by atoms with E-state index in [1.807, 2.05) is 6.08 Å². The Hall–Kier alpha value is -4.78. The average molecular weight is 663 g/mol. The minimum Gasteiger partial charge on any atom is -0.348 e. The second-order valence-electron chi connectivity index (χ2n) is 12.6. The van der Waals surface area contributed by atoms with Gasteiger partial charge in [-0.2, -0.15) is 0 Å². The zero-order chi connectivity index (χ0) is 33.9. The van der Waals surface area contributed by atoms with Crippen LogP contribution in [-0.4, -0.2) is 71.4 Å². The molecule has 10 nitrogen and oxygen atoms in total. The molecule has 4 N–H and O–H groups in total. The molecule has 252 valence electrons. The van der Waals surface area contributed by atoms with Crippen molar-refractivity contribution in [3.05, 3.63) is 77.0 Å². The Labute approximate surface area is 275 Å². The summed E-state index contributed by atoms with van der Waals surface area (Å²) in [6, 6.07) is 7.54. The van der Waals surface area contributed by atoms with Crippen molar-refractivity contribution < 1.29 is 32.3 Å². The highest BCUT2D eigenvalue weighted by molar-refractivity contribution is 5.98. The van der Waals surface area contributed by atoms with Gasteiger partial charge in [0.2, 0.25) is 17.7 Å². The molecule has 1 aromatic heterocycles. The second kappa shape index (κ2) is 14.1. The predicted molar refractivity (Wildman–Crippen MR) is 173 cm³/mol. The van der Waals surface area contributed by atoms with E-state index in [-0.39, 0.29) is 35.8 Å². The van der Waals surface area contributed by atoms with Gasteiger partial charge in [0.1, 0.15) is 23.7 Å². The fourth-order valence-corrected chi connectivity index (χ4v) is 6.21. The first-order valence-electron chi connectivity index (χ1n) is 16.2. The fourth-order valence-electron chi connectivity index (χ4n) is 6.21. The van der Waals surface area contributed by atoms with Crippen LogP contribution < -0.4 is 21.3 Å². The number of carbonyl (C=O) groups excluding carboxylic acids is 4. The highest BCUT2D eigenvalue weighted by Gasteiger charge is 2.40. The first kappa shape index (κ1) is 33.1. The summed E-state index contributed by atoms with van der Waals surface area (Å²) in [5.74, 6) is -3.09. The number of benzene rings is 2. The summed E-state index contributed by atoms with van der Waals surface area (Å²) in [6.45, 7) is 1.43. The normalized spacial score (nSPS) is 21.4. The average Bonchev–Trinajstić information content (AvgIpc) is 3.55. The lowest BCUT2D eigenvalue weighted by Gasteiger charge is -2.26. The van der Waals surface area contributed by atoms with Gasteiger partial charge in [0.15, 0.2) is 5.82 Å². The standard InChI is InChI=1S/C35H37F3N6O4/c1-19(31-21(7-6-20-4-5-20)8-11-26(32(31)38)43-34(47)27-3-2-14-39-27)41-35(48)29-16-24(37)18-44(29)30(45)17-40-33(46)28-12-9-22-15-23(36)10-13-25(22)42-28/h6-13,15,19-20,24,27,29,39H,2-5,14,16-18H2,1H3,(H,40,46)(H,41,48)(H,43,47)/b7-6+/t19-,24+,27?,29?/m0/s1. The quantitative estimate of drug-likeness (QED) is 0.258. The number of halogens is 3. The first-order chi connectivity index (χ1) is 23.1. The van der Waals surface area contributed by atoms with Gasteiger partial charge in [-0.25, -0.2) is 18.2 Å². The van der Waals surface area contributed by atoms with Crippen molar-refractivity contribution in [3.8, 4) is 0 Å². The summed E-state index contributed by atoms with van der Waals surface area (Å²) in [5.41, 5.74) is 1.06. The van der Waals surface area contributed by atoms with Crippen molar-refractivity contribution >= 4 is 46.3 Å². The van der Waals surface area contributed by atoms with Crippen LogP contribution in [-0.2, 0) is 14.4 Å². The van der Waals surface area contributed by atoms with Gasteiger partial charge < -0.3 is 26.2 Å². The molecule has 1 aliphatic carbocycles. The number of rotatable bonds is 10. The van der Waals surface area contributed by atoms with E-state index in [0.717, 1.165) is 24.2 Å². The molecule has 2 aromatic carbocycles. The van der Waals surface area contributed by atoms with Crippen LogP contribution in [0.4, 0.5) is 18.9 Å². The van der Waals surface area contributed by atoms with Crippen LogP contribution in [0.25, 0.3) is 17.0 Å². The highest BCUT2D eigenvalue weighted by Crippen LogP contribution is 2.34. The third-order valence-corrected chi connectivity index (χ3v) is 8.97. The predicted octanol–water partition coefficient (Wildman–Crippen LogP) is 4.17. The first-order valence-corrected chi connectivity index (χ1v) is 16.2. The zero-order valence-electron chi connectivity index (χ0n) is 26.4. The minimum atomic E-state index is -1.48. The van der Waals surface area contributed by atoms with Crippen LogP contribution >= 0.6 is 0 Å². The molecule has 4 atom stereocenters. The molecule has 48 heavy (non-hydrogen) atoms. The lowest BCUT2D eigenvalue weighted by Crippen LogP contribution is -2.49. The van der Waals surface area contributed by atoms with Crippen LogP contribution in [0.2, 0.25) is 0 Å². The number of alkyl halides is 1. The van der Waals surface area contributed by atoms with E-state index in [2.05, 4.69) is 26.3 Å². The molecule has 0 bridgehead atoms. The molecule has 1 saturated carbocycles. The number of amides is 4.